The van der Waals surface area contributed by atoms with Gasteiger partial charge in [0.15, 0.2) is 0 Å². The summed E-state index contributed by atoms with van der Waals surface area (Å²) in [6.45, 7) is 12.2. The van der Waals surface area contributed by atoms with Gasteiger partial charge in [0.25, 0.3) is 10.2 Å². The first-order valence-electron chi connectivity index (χ1n) is 8.11. The lowest BCUT2D eigenvalue weighted by molar-refractivity contribution is 0.300. The van der Waals surface area contributed by atoms with Crippen molar-refractivity contribution < 1.29 is 8.42 Å². The summed E-state index contributed by atoms with van der Waals surface area (Å²) in [6, 6.07) is 0. The molecule has 21 heavy (non-hydrogen) atoms. The highest BCUT2D eigenvalue weighted by molar-refractivity contribution is 7.87. The van der Waals surface area contributed by atoms with Crippen LogP contribution in [0.3, 0.4) is 0 Å². The van der Waals surface area contributed by atoms with Gasteiger partial charge in [0, 0.05) is 20.1 Å². The standard InChI is InChI=1S/C14H34N4O2S/c1-5-10-15-11-8-13-17(4)21(19,20)16-12-9-14-18(6-2)7-3/h15-16H,5-14H2,1-4H3. The van der Waals surface area contributed by atoms with Crippen molar-refractivity contribution in [1.82, 2.24) is 19.2 Å². The molecule has 0 aromatic carbocycles. The molecule has 128 valence electrons. The summed E-state index contributed by atoms with van der Waals surface area (Å²) in [7, 11) is -1.70. The zero-order valence-corrected chi connectivity index (χ0v) is 15.0. The van der Waals surface area contributed by atoms with Crippen molar-refractivity contribution in [3.05, 3.63) is 0 Å². The quantitative estimate of drug-likeness (QED) is 0.466. The monoisotopic (exact) mass is 322 g/mol. The number of hydrogen-bond donors (Lipinski definition) is 2. The van der Waals surface area contributed by atoms with E-state index in [1.54, 1.807) is 7.05 Å². The zero-order valence-electron chi connectivity index (χ0n) is 14.2. The molecular formula is C14H34N4O2S. The highest BCUT2D eigenvalue weighted by Gasteiger charge is 2.15. The Kier molecular flexibility index (Phi) is 12.2. The molecule has 0 saturated heterocycles. The average Bonchev–Trinajstić information content (AvgIpc) is 2.47. The number of nitrogens with zero attached hydrogens (tertiary/aromatic N) is 2. The second-order valence-corrected chi connectivity index (χ2v) is 7.07. The smallest absolute Gasteiger partial charge is 0.279 e. The summed E-state index contributed by atoms with van der Waals surface area (Å²) in [4.78, 5) is 2.29. The molecule has 0 rings (SSSR count). The van der Waals surface area contributed by atoms with E-state index in [1.807, 2.05) is 0 Å². The lowest BCUT2D eigenvalue weighted by Gasteiger charge is -2.20. The lowest BCUT2D eigenvalue weighted by Crippen LogP contribution is -2.40. The maximum Gasteiger partial charge on any atom is 0.279 e. The molecule has 0 aromatic heterocycles. The van der Waals surface area contributed by atoms with E-state index in [-0.39, 0.29) is 0 Å². The van der Waals surface area contributed by atoms with E-state index in [0.717, 1.165) is 52.0 Å². The van der Waals surface area contributed by atoms with Gasteiger partial charge in [-0.15, -0.1) is 0 Å². The Hall–Kier alpha value is -0.210. The van der Waals surface area contributed by atoms with Crippen LogP contribution in [0.1, 0.15) is 40.0 Å². The largest absolute Gasteiger partial charge is 0.317 e. The van der Waals surface area contributed by atoms with Gasteiger partial charge >= 0.3 is 0 Å². The molecule has 7 heteroatoms. The molecule has 0 amide bonds. The molecule has 0 aliphatic heterocycles. The third-order valence-corrected chi connectivity index (χ3v) is 5.07. The zero-order chi connectivity index (χ0) is 16.1. The van der Waals surface area contributed by atoms with E-state index in [4.69, 9.17) is 0 Å². The van der Waals surface area contributed by atoms with Crippen molar-refractivity contribution in [2.45, 2.75) is 40.0 Å². The second kappa shape index (κ2) is 12.3. The summed E-state index contributed by atoms with van der Waals surface area (Å²) in [5.74, 6) is 0. The van der Waals surface area contributed by atoms with Crippen LogP contribution in [-0.4, -0.2) is 70.5 Å². The molecule has 0 bridgehead atoms. The average molecular weight is 323 g/mol. The topological polar surface area (TPSA) is 64.7 Å². The first-order chi connectivity index (χ1) is 9.97. The van der Waals surface area contributed by atoms with E-state index < -0.39 is 10.2 Å². The third kappa shape index (κ3) is 10.2. The van der Waals surface area contributed by atoms with Gasteiger partial charge in [0.1, 0.15) is 0 Å². The normalized spacial score (nSPS) is 12.5. The van der Waals surface area contributed by atoms with Gasteiger partial charge in [-0.25, -0.2) is 4.72 Å². The molecule has 0 atom stereocenters. The van der Waals surface area contributed by atoms with Gasteiger partial charge in [0.2, 0.25) is 0 Å². The molecule has 0 unspecified atom stereocenters. The van der Waals surface area contributed by atoms with Crippen LogP contribution in [0.15, 0.2) is 0 Å². The Morgan fingerprint density at radius 1 is 0.905 bits per heavy atom. The number of rotatable bonds is 14. The predicted octanol–water partition coefficient (Wildman–Crippen LogP) is 0.874. The summed E-state index contributed by atoms with van der Waals surface area (Å²) in [6.07, 6.45) is 2.77. The highest BCUT2D eigenvalue weighted by atomic mass is 32.2. The summed E-state index contributed by atoms with van der Waals surface area (Å²) in [5, 5.41) is 3.27. The molecule has 2 N–H and O–H groups in total. The van der Waals surface area contributed by atoms with Crippen LogP contribution in [0.2, 0.25) is 0 Å². The molecule has 0 heterocycles. The molecular weight excluding hydrogens is 288 g/mol. The molecule has 0 spiro atoms. The van der Waals surface area contributed by atoms with Crippen molar-refractivity contribution in [2.75, 3.05) is 52.9 Å². The van der Waals surface area contributed by atoms with E-state index >= 15 is 0 Å². The lowest BCUT2D eigenvalue weighted by atomic mass is 10.4. The first kappa shape index (κ1) is 20.8. The molecule has 0 aromatic rings. The van der Waals surface area contributed by atoms with E-state index in [9.17, 15) is 8.42 Å². The van der Waals surface area contributed by atoms with Crippen LogP contribution in [-0.2, 0) is 10.2 Å². The van der Waals surface area contributed by atoms with Gasteiger partial charge in [-0.1, -0.05) is 20.8 Å². The Bertz CT molecular complexity index is 332. The van der Waals surface area contributed by atoms with E-state index in [1.165, 1.54) is 4.31 Å². The molecule has 0 aliphatic rings. The maximum absolute atomic E-state index is 12.0. The second-order valence-electron chi connectivity index (χ2n) is 5.20. The van der Waals surface area contributed by atoms with Crippen molar-refractivity contribution in [3.63, 3.8) is 0 Å². The number of hydrogen-bond acceptors (Lipinski definition) is 4. The fourth-order valence-electron chi connectivity index (χ4n) is 2.00. The maximum atomic E-state index is 12.0. The van der Waals surface area contributed by atoms with Crippen molar-refractivity contribution in [3.8, 4) is 0 Å². The third-order valence-electron chi connectivity index (χ3n) is 3.49. The highest BCUT2D eigenvalue weighted by Crippen LogP contribution is 1.96. The van der Waals surface area contributed by atoms with Gasteiger partial charge in [-0.05, 0) is 52.0 Å². The Balaban J connectivity index is 3.84. The van der Waals surface area contributed by atoms with E-state index in [0.29, 0.717) is 13.1 Å². The summed E-state index contributed by atoms with van der Waals surface area (Å²) >= 11 is 0. The van der Waals surface area contributed by atoms with Crippen molar-refractivity contribution in [1.29, 1.82) is 0 Å². The van der Waals surface area contributed by atoms with Crippen LogP contribution in [0.4, 0.5) is 0 Å². The van der Waals surface area contributed by atoms with Gasteiger partial charge in [-0.3, -0.25) is 0 Å². The number of nitrogens with one attached hydrogen (secondary N) is 2. The summed E-state index contributed by atoms with van der Waals surface area (Å²) in [5.41, 5.74) is 0. The van der Waals surface area contributed by atoms with Crippen LogP contribution < -0.4 is 10.0 Å². The Morgan fingerprint density at radius 3 is 2.10 bits per heavy atom. The molecule has 0 radical (unpaired) electrons. The molecule has 0 aliphatic carbocycles. The van der Waals surface area contributed by atoms with Gasteiger partial charge in [-0.2, -0.15) is 12.7 Å². The van der Waals surface area contributed by atoms with Crippen LogP contribution in [0.25, 0.3) is 0 Å². The fourth-order valence-corrected chi connectivity index (χ4v) is 2.99. The minimum atomic E-state index is -3.33. The van der Waals surface area contributed by atoms with Gasteiger partial charge < -0.3 is 10.2 Å². The Labute approximate surface area is 131 Å². The molecule has 0 saturated carbocycles. The minimum absolute atomic E-state index is 0.497. The summed E-state index contributed by atoms with van der Waals surface area (Å²) < 4.78 is 28.1. The predicted molar refractivity (Wildman–Crippen MR) is 89.7 cm³/mol. The van der Waals surface area contributed by atoms with Crippen molar-refractivity contribution >= 4 is 10.2 Å². The Morgan fingerprint density at radius 2 is 1.52 bits per heavy atom. The molecule has 6 nitrogen and oxygen atoms in total. The van der Waals surface area contributed by atoms with Gasteiger partial charge in [0.05, 0.1) is 0 Å². The van der Waals surface area contributed by atoms with Crippen LogP contribution >= 0.6 is 0 Å². The molecule has 0 fully saturated rings. The SMILES string of the molecule is CCCNCCCN(C)S(=O)(=O)NCCCN(CC)CC. The minimum Gasteiger partial charge on any atom is -0.317 e. The van der Waals surface area contributed by atoms with Crippen LogP contribution in [0.5, 0.6) is 0 Å². The van der Waals surface area contributed by atoms with E-state index in [2.05, 4.69) is 35.7 Å². The first-order valence-corrected chi connectivity index (χ1v) is 9.55. The van der Waals surface area contributed by atoms with Crippen LogP contribution in [0, 0.1) is 0 Å². The van der Waals surface area contributed by atoms with Crippen molar-refractivity contribution in [2.24, 2.45) is 0 Å². The fraction of sp³-hybridized carbons (Fsp3) is 1.00.